The number of aliphatic imine (C=N–C) groups is 1. The third-order valence-electron chi connectivity index (χ3n) is 2.18. The van der Waals surface area contributed by atoms with Crippen LogP contribution in [0.4, 0.5) is 5.69 Å². The van der Waals surface area contributed by atoms with Gasteiger partial charge < -0.3 is 14.2 Å². The summed E-state index contributed by atoms with van der Waals surface area (Å²) in [5.74, 6) is 0.397. The maximum absolute atomic E-state index is 11.6. The highest BCUT2D eigenvalue weighted by molar-refractivity contribution is 7.80. The van der Waals surface area contributed by atoms with Crippen LogP contribution < -0.4 is 9.47 Å². The van der Waals surface area contributed by atoms with E-state index in [0.29, 0.717) is 17.2 Å². The molecule has 1 rings (SSSR count). The fourth-order valence-electron chi connectivity index (χ4n) is 1.36. The zero-order valence-electron chi connectivity index (χ0n) is 10.3. The molecule has 18 heavy (non-hydrogen) atoms. The van der Waals surface area contributed by atoms with Gasteiger partial charge in [0.2, 0.25) is 0 Å². The van der Waals surface area contributed by atoms with Crippen molar-refractivity contribution >= 4 is 35.5 Å². The van der Waals surface area contributed by atoms with E-state index >= 15 is 0 Å². The minimum Gasteiger partial charge on any atom is -0.493 e. The van der Waals surface area contributed by atoms with E-state index in [9.17, 15) is 4.79 Å². The zero-order chi connectivity index (χ0) is 13.5. The summed E-state index contributed by atoms with van der Waals surface area (Å²) in [5, 5.41) is 1.35. The van der Waals surface area contributed by atoms with Crippen LogP contribution in [0.1, 0.15) is 10.4 Å². The van der Waals surface area contributed by atoms with Crippen LogP contribution in [0.3, 0.4) is 0 Å². The smallest absolute Gasteiger partial charge is 0.340 e. The molecular weight excluding hydrogens is 254 g/mol. The van der Waals surface area contributed by atoms with Gasteiger partial charge in [-0.25, -0.2) is 4.79 Å². The summed E-state index contributed by atoms with van der Waals surface area (Å²) in [6, 6.07) is 3.10. The number of hydrogen-bond donors (Lipinski definition) is 0. The van der Waals surface area contributed by atoms with Crippen molar-refractivity contribution in [3.8, 4) is 11.5 Å². The monoisotopic (exact) mass is 267 g/mol. The molecule has 0 aliphatic rings. The summed E-state index contributed by atoms with van der Waals surface area (Å²) < 4.78 is 14.9. The average molecular weight is 267 g/mol. The Morgan fingerprint density at radius 1 is 1.22 bits per heavy atom. The van der Waals surface area contributed by atoms with Crippen molar-refractivity contribution < 1.29 is 19.0 Å². The van der Waals surface area contributed by atoms with E-state index < -0.39 is 5.97 Å². The third-order valence-corrected chi connectivity index (χ3v) is 2.30. The normalized spacial score (nSPS) is 10.2. The Hall–Kier alpha value is -1.95. The van der Waals surface area contributed by atoms with Crippen LogP contribution in [0, 0.1) is 0 Å². The Morgan fingerprint density at radius 2 is 1.83 bits per heavy atom. The van der Waals surface area contributed by atoms with E-state index in [0.717, 1.165) is 0 Å². The lowest BCUT2D eigenvalue weighted by atomic mass is 10.1. The van der Waals surface area contributed by atoms with E-state index in [2.05, 4.69) is 21.9 Å². The Kier molecular flexibility index (Phi) is 5.26. The summed E-state index contributed by atoms with van der Waals surface area (Å²) in [5.41, 5.74) is 0.684. The molecule has 0 bridgehead atoms. The van der Waals surface area contributed by atoms with E-state index in [-0.39, 0.29) is 5.56 Å². The molecule has 0 fully saturated rings. The molecule has 0 amide bonds. The Labute approximate surface area is 110 Å². The second-order valence-corrected chi connectivity index (χ2v) is 3.40. The SMILES string of the molecule is COC(=O)c1cc(OC)c(OC)cc1N=CC=S. The second kappa shape index (κ2) is 6.70. The number of hydrogen-bond acceptors (Lipinski definition) is 6. The molecule has 1 aromatic rings. The quantitative estimate of drug-likeness (QED) is 0.465. The van der Waals surface area contributed by atoms with Crippen LogP contribution in [0.2, 0.25) is 0 Å². The lowest BCUT2D eigenvalue weighted by molar-refractivity contribution is 0.0601. The number of carbonyl (C=O) groups is 1. The summed E-state index contributed by atoms with van der Waals surface area (Å²) in [6.07, 6.45) is 1.41. The van der Waals surface area contributed by atoms with Gasteiger partial charge in [0.05, 0.1) is 32.6 Å². The Morgan fingerprint density at radius 3 is 2.33 bits per heavy atom. The number of rotatable bonds is 5. The molecule has 0 aromatic heterocycles. The summed E-state index contributed by atoms with van der Waals surface area (Å²) in [4.78, 5) is 15.7. The van der Waals surface area contributed by atoms with Crippen molar-refractivity contribution in [1.82, 2.24) is 0 Å². The van der Waals surface area contributed by atoms with Gasteiger partial charge in [0.25, 0.3) is 0 Å². The third kappa shape index (κ3) is 3.04. The van der Waals surface area contributed by atoms with Crippen molar-refractivity contribution in [3.05, 3.63) is 17.7 Å². The van der Waals surface area contributed by atoms with Gasteiger partial charge in [0.1, 0.15) is 0 Å². The molecule has 96 valence electrons. The summed E-state index contributed by atoms with van der Waals surface area (Å²) >= 11 is 4.65. The maximum Gasteiger partial charge on any atom is 0.340 e. The van der Waals surface area contributed by atoms with Crippen molar-refractivity contribution in [2.45, 2.75) is 0 Å². The van der Waals surface area contributed by atoms with Crippen LogP contribution >= 0.6 is 12.2 Å². The van der Waals surface area contributed by atoms with Gasteiger partial charge >= 0.3 is 5.97 Å². The van der Waals surface area contributed by atoms with Crippen molar-refractivity contribution in [3.63, 3.8) is 0 Å². The number of thiocarbonyl (C=S) groups is 1. The van der Waals surface area contributed by atoms with Crippen molar-refractivity contribution in [1.29, 1.82) is 0 Å². The van der Waals surface area contributed by atoms with E-state index in [1.54, 1.807) is 6.07 Å². The van der Waals surface area contributed by atoms with Gasteiger partial charge in [-0.2, -0.15) is 0 Å². The molecule has 0 radical (unpaired) electrons. The Bertz CT molecular complexity index is 485. The standard InChI is InChI=1S/C12H13NO4S/c1-15-10-6-8(12(14)17-3)9(13-4-5-18)7-11(10)16-2/h4-7H,1-3H3. The number of benzene rings is 1. The number of carbonyl (C=O) groups excluding carboxylic acids is 1. The first-order valence-corrected chi connectivity index (χ1v) is 5.47. The van der Waals surface area contributed by atoms with Crippen LogP contribution in [0.5, 0.6) is 11.5 Å². The van der Waals surface area contributed by atoms with Gasteiger partial charge in [-0.05, 0) is 0 Å². The van der Waals surface area contributed by atoms with Crippen molar-refractivity contribution in [2.24, 2.45) is 4.99 Å². The number of methoxy groups -OCH3 is 3. The van der Waals surface area contributed by atoms with Gasteiger partial charge in [-0.3, -0.25) is 4.99 Å². The molecule has 0 N–H and O–H groups in total. The molecule has 0 aliphatic carbocycles. The topological polar surface area (TPSA) is 57.1 Å². The fraction of sp³-hybridized carbons (Fsp3) is 0.250. The zero-order valence-corrected chi connectivity index (χ0v) is 11.1. The van der Waals surface area contributed by atoms with Crippen LogP contribution in [0.25, 0.3) is 0 Å². The van der Waals surface area contributed by atoms with Gasteiger partial charge in [-0.1, -0.05) is 12.2 Å². The largest absolute Gasteiger partial charge is 0.493 e. The highest BCUT2D eigenvalue weighted by Crippen LogP contribution is 2.34. The predicted octanol–water partition coefficient (Wildman–Crippen LogP) is 2.19. The molecule has 0 saturated carbocycles. The van der Waals surface area contributed by atoms with Crippen LogP contribution in [-0.4, -0.2) is 38.9 Å². The van der Waals surface area contributed by atoms with Crippen LogP contribution in [-0.2, 0) is 4.74 Å². The predicted molar refractivity (Wildman–Crippen MR) is 72.7 cm³/mol. The minimum atomic E-state index is -0.507. The first-order valence-electron chi connectivity index (χ1n) is 5.00. The lowest BCUT2D eigenvalue weighted by Crippen LogP contribution is -2.03. The fourth-order valence-corrected chi connectivity index (χ4v) is 1.42. The molecule has 6 heteroatoms. The van der Waals surface area contributed by atoms with E-state index in [1.807, 2.05) is 0 Å². The maximum atomic E-state index is 11.6. The molecule has 0 saturated heterocycles. The second-order valence-electron chi connectivity index (χ2n) is 3.13. The molecule has 0 unspecified atom stereocenters. The highest BCUT2D eigenvalue weighted by Gasteiger charge is 2.16. The van der Waals surface area contributed by atoms with Gasteiger partial charge in [0, 0.05) is 23.7 Å². The van der Waals surface area contributed by atoms with E-state index in [1.165, 1.54) is 39.0 Å². The van der Waals surface area contributed by atoms with Gasteiger partial charge in [0.15, 0.2) is 11.5 Å². The number of nitrogens with zero attached hydrogens (tertiary/aromatic N) is 1. The van der Waals surface area contributed by atoms with Crippen molar-refractivity contribution in [2.75, 3.05) is 21.3 Å². The molecular formula is C12H13NO4S. The molecule has 0 aliphatic heterocycles. The molecule has 0 heterocycles. The average Bonchev–Trinajstić information content (AvgIpc) is 2.43. The number of ether oxygens (including phenoxy) is 3. The molecule has 1 aromatic carbocycles. The minimum absolute atomic E-state index is 0.281. The summed E-state index contributed by atoms with van der Waals surface area (Å²) in [7, 11) is 4.28. The van der Waals surface area contributed by atoms with E-state index in [4.69, 9.17) is 9.47 Å². The first kappa shape index (κ1) is 14.1. The highest BCUT2D eigenvalue weighted by atomic mass is 32.1. The Balaban J connectivity index is 3.39. The van der Waals surface area contributed by atoms with Gasteiger partial charge in [-0.15, -0.1) is 0 Å². The molecule has 0 spiro atoms. The molecule has 5 nitrogen and oxygen atoms in total. The number of esters is 1. The lowest BCUT2D eigenvalue weighted by Gasteiger charge is -2.11. The first-order chi connectivity index (χ1) is 8.67. The summed E-state index contributed by atoms with van der Waals surface area (Å²) in [6.45, 7) is 0. The van der Waals surface area contributed by atoms with Crippen LogP contribution in [0.15, 0.2) is 17.1 Å². The molecule has 0 atom stereocenters.